The molecule has 0 aliphatic carbocycles. The SMILES string of the molecule is CN=C(NCc1nc(C(F)(F)F)cs1)NCc1c(OC)cc(OC)cc1OC.I. The maximum Gasteiger partial charge on any atom is 0.434 e. The van der Waals surface area contributed by atoms with Crippen molar-refractivity contribution in [1.29, 1.82) is 0 Å². The first kappa shape index (κ1) is 25.1. The molecule has 12 heteroatoms. The molecule has 0 radical (unpaired) electrons. The second-order valence-electron chi connectivity index (χ2n) is 5.41. The first-order chi connectivity index (χ1) is 13.3. The van der Waals surface area contributed by atoms with Gasteiger partial charge < -0.3 is 24.8 Å². The molecule has 0 bridgehead atoms. The highest BCUT2D eigenvalue weighted by Gasteiger charge is 2.33. The minimum Gasteiger partial charge on any atom is -0.496 e. The first-order valence-electron chi connectivity index (χ1n) is 8.07. The normalized spacial score (nSPS) is 11.5. The lowest BCUT2D eigenvalue weighted by molar-refractivity contribution is -0.140. The number of nitrogens with zero attached hydrogens (tertiary/aromatic N) is 2. The number of methoxy groups -OCH3 is 3. The van der Waals surface area contributed by atoms with Crippen LogP contribution in [0.15, 0.2) is 22.5 Å². The second kappa shape index (κ2) is 11.3. The number of hydrogen-bond acceptors (Lipinski definition) is 6. The van der Waals surface area contributed by atoms with Gasteiger partial charge in [-0.25, -0.2) is 4.98 Å². The van der Waals surface area contributed by atoms with Crippen molar-refractivity contribution in [3.05, 3.63) is 33.8 Å². The van der Waals surface area contributed by atoms with Crippen LogP contribution < -0.4 is 24.8 Å². The van der Waals surface area contributed by atoms with Crippen LogP contribution in [0.3, 0.4) is 0 Å². The molecule has 2 rings (SSSR count). The summed E-state index contributed by atoms with van der Waals surface area (Å²) in [6.07, 6.45) is -4.45. The molecule has 1 aromatic carbocycles. The molecule has 0 saturated heterocycles. The van der Waals surface area contributed by atoms with E-state index in [1.807, 2.05) is 0 Å². The number of nitrogens with one attached hydrogen (secondary N) is 2. The Hall–Kier alpha value is -1.96. The molecule has 0 unspecified atom stereocenters. The van der Waals surface area contributed by atoms with Crippen LogP contribution in [-0.2, 0) is 19.3 Å². The number of alkyl halides is 3. The number of rotatable bonds is 7. The summed E-state index contributed by atoms with van der Waals surface area (Å²) in [5.74, 6) is 2.11. The van der Waals surface area contributed by atoms with Gasteiger partial charge in [0.25, 0.3) is 0 Å². The van der Waals surface area contributed by atoms with Crippen molar-refractivity contribution >= 4 is 41.3 Å². The van der Waals surface area contributed by atoms with Gasteiger partial charge in [-0.1, -0.05) is 0 Å². The van der Waals surface area contributed by atoms with Crippen molar-refractivity contribution < 1.29 is 27.4 Å². The Morgan fingerprint density at radius 1 is 1.07 bits per heavy atom. The summed E-state index contributed by atoms with van der Waals surface area (Å²) in [6.45, 7) is 0.416. The van der Waals surface area contributed by atoms with Crippen LogP contribution in [0.25, 0.3) is 0 Å². The Bertz CT molecular complexity index is 805. The Kier molecular flexibility index (Phi) is 9.76. The molecule has 0 fully saturated rings. The molecule has 2 aromatic rings. The third-order valence-electron chi connectivity index (χ3n) is 3.72. The van der Waals surface area contributed by atoms with E-state index in [9.17, 15) is 13.2 Å². The van der Waals surface area contributed by atoms with Gasteiger partial charge in [-0.3, -0.25) is 4.99 Å². The molecule has 2 N–H and O–H groups in total. The lowest BCUT2D eigenvalue weighted by atomic mass is 10.1. The zero-order valence-corrected chi connectivity index (χ0v) is 19.4. The van der Waals surface area contributed by atoms with E-state index in [2.05, 4.69) is 20.6 Å². The van der Waals surface area contributed by atoms with Gasteiger partial charge in [-0.15, -0.1) is 35.3 Å². The van der Waals surface area contributed by atoms with E-state index in [4.69, 9.17) is 14.2 Å². The van der Waals surface area contributed by atoms with Gasteiger partial charge in [0.1, 0.15) is 22.3 Å². The summed E-state index contributed by atoms with van der Waals surface area (Å²) in [6, 6.07) is 3.45. The summed E-state index contributed by atoms with van der Waals surface area (Å²) in [5, 5.41) is 7.29. The standard InChI is InChI=1S/C17H21F3N4O3S.HI/c1-21-16(23-8-15-24-14(9-28-15)17(18,19)20)22-7-11-12(26-3)5-10(25-2)6-13(11)27-4;/h5-6,9H,7-8H2,1-4H3,(H2,21,22,23);1H. The molecule has 162 valence electrons. The summed E-state index contributed by atoms with van der Waals surface area (Å²) in [5.41, 5.74) is -0.160. The number of halogens is 4. The lowest BCUT2D eigenvalue weighted by Crippen LogP contribution is -2.36. The molecule has 0 aliphatic heterocycles. The van der Waals surface area contributed by atoms with Gasteiger partial charge in [-0.05, 0) is 0 Å². The minimum atomic E-state index is -4.45. The van der Waals surface area contributed by atoms with Gasteiger partial charge in [-0.2, -0.15) is 13.2 Å². The highest BCUT2D eigenvalue weighted by Crippen LogP contribution is 2.34. The van der Waals surface area contributed by atoms with E-state index in [-0.39, 0.29) is 30.5 Å². The summed E-state index contributed by atoms with van der Waals surface area (Å²) in [7, 11) is 6.17. The molecule has 1 aromatic heterocycles. The molecule has 0 atom stereocenters. The highest BCUT2D eigenvalue weighted by molar-refractivity contribution is 14.0. The fourth-order valence-corrected chi connectivity index (χ4v) is 3.07. The smallest absolute Gasteiger partial charge is 0.434 e. The summed E-state index contributed by atoms with van der Waals surface area (Å²) < 4.78 is 53.9. The molecule has 7 nitrogen and oxygen atoms in total. The Morgan fingerprint density at radius 3 is 2.10 bits per heavy atom. The molecule has 1 heterocycles. The monoisotopic (exact) mass is 546 g/mol. The van der Waals surface area contributed by atoms with Crippen LogP contribution in [0.4, 0.5) is 13.2 Å². The molecular weight excluding hydrogens is 524 g/mol. The van der Waals surface area contributed by atoms with Crippen molar-refractivity contribution in [3.63, 3.8) is 0 Å². The predicted octanol–water partition coefficient (Wildman–Crippen LogP) is 3.67. The molecule has 29 heavy (non-hydrogen) atoms. The number of ether oxygens (including phenoxy) is 3. The summed E-state index contributed by atoms with van der Waals surface area (Å²) >= 11 is 0.929. The number of benzene rings is 1. The zero-order valence-electron chi connectivity index (χ0n) is 16.2. The molecule has 0 aliphatic rings. The number of aliphatic imine (C=N–C) groups is 1. The number of aromatic nitrogens is 1. The minimum absolute atomic E-state index is 0. The quantitative estimate of drug-likeness (QED) is 0.314. The fourth-order valence-electron chi connectivity index (χ4n) is 2.33. The van der Waals surface area contributed by atoms with Crippen molar-refractivity contribution in [2.45, 2.75) is 19.3 Å². The van der Waals surface area contributed by atoms with E-state index in [0.29, 0.717) is 34.8 Å². The van der Waals surface area contributed by atoms with E-state index < -0.39 is 11.9 Å². The van der Waals surface area contributed by atoms with Crippen molar-refractivity contribution in [3.8, 4) is 17.2 Å². The van der Waals surface area contributed by atoms with Crippen LogP contribution in [-0.4, -0.2) is 39.3 Å². The average Bonchev–Trinajstić information content (AvgIpc) is 3.17. The first-order valence-corrected chi connectivity index (χ1v) is 8.95. The van der Waals surface area contributed by atoms with E-state index in [1.165, 1.54) is 14.2 Å². The zero-order chi connectivity index (χ0) is 20.7. The second-order valence-corrected chi connectivity index (χ2v) is 6.36. The van der Waals surface area contributed by atoms with Crippen LogP contribution in [0.5, 0.6) is 17.2 Å². The van der Waals surface area contributed by atoms with Crippen molar-refractivity contribution in [2.24, 2.45) is 4.99 Å². The molecule has 0 amide bonds. The lowest BCUT2D eigenvalue weighted by Gasteiger charge is -2.17. The Morgan fingerprint density at radius 2 is 1.66 bits per heavy atom. The predicted molar refractivity (Wildman–Crippen MR) is 116 cm³/mol. The summed E-state index contributed by atoms with van der Waals surface area (Å²) in [4.78, 5) is 7.64. The molecular formula is C17H22F3IN4O3S. The Labute approximate surface area is 187 Å². The fraction of sp³-hybridized carbons (Fsp3) is 0.412. The van der Waals surface area contributed by atoms with Gasteiger partial charge in [0.2, 0.25) is 0 Å². The van der Waals surface area contributed by atoms with Crippen LogP contribution >= 0.6 is 35.3 Å². The van der Waals surface area contributed by atoms with Crippen LogP contribution in [0.1, 0.15) is 16.3 Å². The van der Waals surface area contributed by atoms with Crippen LogP contribution in [0.2, 0.25) is 0 Å². The third-order valence-corrected chi connectivity index (χ3v) is 4.57. The molecule has 0 spiro atoms. The van der Waals surface area contributed by atoms with Gasteiger partial charge >= 0.3 is 6.18 Å². The van der Waals surface area contributed by atoms with Gasteiger partial charge in [0.05, 0.1) is 40.0 Å². The van der Waals surface area contributed by atoms with Crippen LogP contribution in [0, 0.1) is 0 Å². The Balaban J connectivity index is 0.00000420. The topological polar surface area (TPSA) is 77.0 Å². The third kappa shape index (κ3) is 6.80. The maximum atomic E-state index is 12.6. The largest absolute Gasteiger partial charge is 0.496 e. The highest BCUT2D eigenvalue weighted by atomic mass is 127. The van der Waals surface area contributed by atoms with Crippen molar-refractivity contribution in [1.82, 2.24) is 15.6 Å². The number of guanidine groups is 1. The van der Waals surface area contributed by atoms with Crippen molar-refractivity contribution in [2.75, 3.05) is 28.4 Å². The van der Waals surface area contributed by atoms with Gasteiger partial charge in [0, 0.05) is 24.6 Å². The van der Waals surface area contributed by atoms with E-state index >= 15 is 0 Å². The van der Waals surface area contributed by atoms with E-state index in [0.717, 1.165) is 22.3 Å². The average molecular weight is 546 g/mol. The number of hydrogen-bond donors (Lipinski definition) is 2. The molecule has 0 saturated carbocycles. The van der Waals surface area contributed by atoms with Gasteiger partial charge in [0.15, 0.2) is 11.7 Å². The maximum absolute atomic E-state index is 12.6. The van der Waals surface area contributed by atoms with E-state index in [1.54, 1.807) is 26.3 Å². The number of thiazole rings is 1.